The Kier molecular flexibility index (Phi) is 4.54. The molecular weight excluding hydrogens is 392 g/mol. The van der Waals surface area contributed by atoms with Gasteiger partial charge in [0.2, 0.25) is 0 Å². The lowest BCUT2D eigenvalue weighted by atomic mass is 10.2. The van der Waals surface area contributed by atoms with Crippen molar-refractivity contribution in [3.63, 3.8) is 0 Å². The van der Waals surface area contributed by atoms with E-state index in [9.17, 15) is 0 Å². The molecule has 8 heteroatoms. The highest BCUT2D eigenvalue weighted by molar-refractivity contribution is 5.94. The zero-order valence-electron chi connectivity index (χ0n) is 17.8. The second kappa shape index (κ2) is 7.39. The molecular formula is C23H22N6O2. The molecule has 5 aromatic rings. The molecule has 0 radical (unpaired) electrons. The summed E-state index contributed by atoms with van der Waals surface area (Å²) in [4.78, 5) is 14.1. The smallest absolute Gasteiger partial charge is 0.189 e. The molecule has 31 heavy (non-hydrogen) atoms. The first-order valence-electron chi connectivity index (χ1n) is 9.98. The van der Waals surface area contributed by atoms with Crippen LogP contribution in [0.25, 0.3) is 22.5 Å². The molecule has 0 aliphatic heterocycles. The van der Waals surface area contributed by atoms with Gasteiger partial charge in [-0.15, -0.1) is 5.10 Å². The van der Waals surface area contributed by atoms with Crippen LogP contribution in [-0.4, -0.2) is 36.2 Å². The number of fused-ring (bicyclic) bond motifs is 3. The Morgan fingerprint density at radius 3 is 2.42 bits per heavy atom. The maximum Gasteiger partial charge on any atom is 0.189 e. The molecule has 0 N–H and O–H groups in total. The number of rotatable bonds is 5. The second-order valence-electron chi connectivity index (χ2n) is 7.39. The largest absolute Gasteiger partial charge is 0.497 e. The molecule has 0 spiro atoms. The highest BCUT2D eigenvalue weighted by Gasteiger charge is 2.19. The SMILES string of the molecule is COc1ccc(OCc2nc3c4c(C)c(C)n(-c5cccc(C)n5)c4ncn3n2)cc1. The molecule has 0 amide bonds. The fourth-order valence-electron chi connectivity index (χ4n) is 3.72. The quantitative estimate of drug-likeness (QED) is 0.433. The van der Waals surface area contributed by atoms with Gasteiger partial charge in [0, 0.05) is 11.4 Å². The van der Waals surface area contributed by atoms with E-state index < -0.39 is 0 Å². The fourth-order valence-corrected chi connectivity index (χ4v) is 3.72. The van der Waals surface area contributed by atoms with Gasteiger partial charge in [-0.3, -0.25) is 4.57 Å². The third-order valence-corrected chi connectivity index (χ3v) is 5.41. The Bertz CT molecular complexity index is 1400. The summed E-state index contributed by atoms with van der Waals surface area (Å²) in [6.45, 7) is 6.39. The Morgan fingerprint density at radius 2 is 1.68 bits per heavy atom. The van der Waals surface area contributed by atoms with Crippen molar-refractivity contribution in [2.24, 2.45) is 0 Å². The van der Waals surface area contributed by atoms with Crippen LogP contribution in [0, 0.1) is 20.8 Å². The van der Waals surface area contributed by atoms with Crippen molar-refractivity contribution >= 4 is 16.7 Å². The number of ether oxygens (including phenoxy) is 2. The molecule has 1 aromatic carbocycles. The number of hydrogen-bond donors (Lipinski definition) is 0. The topological polar surface area (TPSA) is 79.4 Å². The van der Waals surface area contributed by atoms with E-state index in [0.29, 0.717) is 5.82 Å². The van der Waals surface area contributed by atoms with Crippen LogP contribution in [0.2, 0.25) is 0 Å². The molecule has 0 saturated carbocycles. The van der Waals surface area contributed by atoms with Crippen molar-refractivity contribution in [1.29, 1.82) is 0 Å². The van der Waals surface area contributed by atoms with E-state index in [4.69, 9.17) is 14.5 Å². The van der Waals surface area contributed by atoms with Crippen LogP contribution >= 0.6 is 0 Å². The number of pyridine rings is 1. The molecule has 5 rings (SSSR count). The molecule has 0 unspecified atom stereocenters. The van der Waals surface area contributed by atoms with E-state index in [1.807, 2.05) is 49.4 Å². The number of aryl methyl sites for hydroxylation is 2. The first kappa shape index (κ1) is 19.0. The average molecular weight is 414 g/mol. The summed E-state index contributed by atoms with van der Waals surface area (Å²) in [5.41, 5.74) is 4.71. The number of benzene rings is 1. The lowest BCUT2D eigenvalue weighted by Crippen LogP contribution is -2.02. The molecule has 4 aromatic heterocycles. The van der Waals surface area contributed by atoms with Gasteiger partial charge < -0.3 is 9.47 Å². The van der Waals surface area contributed by atoms with Gasteiger partial charge in [-0.05, 0) is 62.7 Å². The lowest BCUT2D eigenvalue weighted by molar-refractivity contribution is 0.295. The Labute approximate surface area is 179 Å². The average Bonchev–Trinajstić information content (AvgIpc) is 3.31. The predicted molar refractivity (Wildman–Crippen MR) is 117 cm³/mol. The van der Waals surface area contributed by atoms with Crippen molar-refractivity contribution in [3.05, 3.63) is 71.6 Å². The molecule has 156 valence electrons. The fraction of sp³-hybridized carbons (Fsp3) is 0.217. The first-order chi connectivity index (χ1) is 15.0. The third kappa shape index (κ3) is 3.26. The predicted octanol–water partition coefficient (Wildman–Crippen LogP) is 3.98. The molecule has 0 saturated heterocycles. The molecule has 0 fully saturated rings. The van der Waals surface area contributed by atoms with Crippen LogP contribution in [0.15, 0.2) is 48.8 Å². The standard InChI is InChI=1S/C23H22N6O2/c1-14-6-5-7-20(25-14)29-16(3)15(2)21-22(29)24-13-28-23(21)26-19(27-28)12-31-18-10-8-17(30-4)9-11-18/h5-11,13H,12H2,1-4H3. The number of hydrogen-bond acceptors (Lipinski definition) is 6. The van der Waals surface area contributed by atoms with Crippen LogP contribution in [0.5, 0.6) is 11.5 Å². The van der Waals surface area contributed by atoms with Crippen LogP contribution in [-0.2, 0) is 6.61 Å². The van der Waals surface area contributed by atoms with Crippen molar-refractivity contribution in [3.8, 4) is 17.3 Å². The highest BCUT2D eigenvalue weighted by Crippen LogP contribution is 2.29. The Hall–Kier alpha value is -3.94. The maximum atomic E-state index is 5.85. The minimum Gasteiger partial charge on any atom is -0.497 e. The van der Waals surface area contributed by atoms with E-state index in [1.165, 1.54) is 0 Å². The summed E-state index contributed by atoms with van der Waals surface area (Å²) in [6.07, 6.45) is 1.69. The summed E-state index contributed by atoms with van der Waals surface area (Å²) in [5.74, 6) is 2.94. The highest BCUT2D eigenvalue weighted by atomic mass is 16.5. The van der Waals surface area contributed by atoms with E-state index in [2.05, 4.69) is 33.5 Å². The molecule has 4 heterocycles. The number of aromatic nitrogens is 6. The normalized spacial score (nSPS) is 11.4. The maximum absolute atomic E-state index is 5.85. The van der Waals surface area contributed by atoms with Gasteiger partial charge in [-0.1, -0.05) is 6.07 Å². The minimum atomic E-state index is 0.258. The Morgan fingerprint density at radius 1 is 0.903 bits per heavy atom. The van der Waals surface area contributed by atoms with Gasteiger partial charge in [-0.2, -0.15) is 0 Å². The lowest BCUT2D eigenvalue weighted by Gasteiger charge is -2.07. The van der Waals surface area contributed by atoms with E-state index >= 15 is 0 Å². The van der Waals surface area contributed by atoms with Crippen LogP contribution in [0.1, 0.15) is 22.8 Å². The molecule has 8 nitrogen and oxygen atoms in total. The van der Waals surface area contributed by atoms with Gasteiger partial charge in [-0.25, -0.2) is 19.5 Å². The van der Waals surface area contributed by atoms with Crippen molar-refractivity contribution < 1.29 is 9.47 Å². The molecule has 0 aliphatic carbocycles. The van der Waals surface area contributed by atoms with Gasteiger partial charge in [0.05, 0.1) is 12.5 Å². The summed E-state index contributed by atoms with van der Waals surface area (Å²) < 4.78 is 14.8. The summed E-state index contributed by atoms with van der Waals surface area (Å²) in [7, 11) is 1.64. The van der Waals surface area contributed by atoms with Crippen molar-refractivity contribution in [2.75, 3.05) is 7.11 Å². The molecule has 0 atom stereocenters. The van der Waals surface area contributed by atoms with Crippen LogP contribution in [0.4, 0.5) is 0 Å². The van der Waals surface area contributed by atoms with Gasteiger partial charge in [0.15, 0.2) is 17.1 Å². The number of methoxy groups -OCH3 is 1. The monoisotopic (exact) mass is 414 g/mol. The summed E-state index contributed by atoms with van der Waals surface area (Å²) in [6, 6.07) is 13.4. The second-order valence-corrected chi connectivity index (χ2v) is 7.39. The number of nitrogens with zero attached hydrogens (tertiary/aromatic N) is 6. The zero-order chi connectivity index (χ0) is 21.5. The summed E-state index contributed by atoms with van der Waals surface area (Å²) >= 11 is 0. The minimum absolute atomic E-state index is 0.258. The van der Waals surface area contributed by atoms with E-state index in [0.717, 1.165) is 50.9 Å². The van der Waals surface area contributed by atoms with E-state index in [1.54, 1.807) is 18.0 Å². The summed E-state index contributed by atoms with van der Waals surface area (Å²) in [5, 5.41) is 5.51. The first-order valence-corrected chi connectivity index (χ1v) is 9.98. The van der Waals surface area contributed by atoms with Crippen molar-refractivity contribution in [2.45, 2.75) is 27.4 Å². The van der Waals surface area contributed by atoms with Crippen LogP contribution < -0.4 is 9.47 Å². The molecule has 0 bridgehead atoms. The van der Waals surface area contributed by atoms with Crippen LogP contribution in [0.3, 0.4) is 0 Å². The third-order valence-electron chi connectivity index (χ3n) is 5.41. The molecule has 0 aliphatic rings. The van der Waals surface area contributed by atoms with E-state index in [-0.39, 0.29) is 6.61 Å². The van der Waals surface area contributed by atoms with Gasteiger partial charge in [0.1, 0.15) is 30.3 Å². The zero-order valence-corrected chi connectivity index (χ0v) is 17.8. The Balaban J connectivity index is 1.54. The van der Waals surface area contributed by atoms with Gasteiger partial charge in [0.25, 0.3) is 0 Å². The van der Waals surface area contributed by atoms with Crippen molar-refractivity contribution in [1.82, 2.24) is 29.1 Å². The van der Waals surface area contributed by atoms with Gasteiger partial charge >= 0.3 is 0 Å².